The highest BCUT2D eigenvalue weighted by Crippen LogP contribution is 2.12. The van der Waals surface area contributed by atoms with Crippen molar-refractivity contribution in [3.8, 4) is 0 Å². The van der Waals surface area contributed by atoms with Crippen LogP contribution >= 0.6 is 11.8 Å². The Balaban J connectivity index is 3.55. The van der Waals surface area contributed by atoms with E-state index in [1.807, 2.05) is 0 Å². The predicted molar refractivity (Wildman–Crippen MR) is 321 cm³/mol. The summed E-state index contributed by atoms with van der Waals surface area (Å²) in [7, 11) is 0. The number of aliphatic hydroxyl groups is 2. The number of nitrogens with two attached hydrogens (primary N) is 5. The average Bonchev–Trinajstić information content (AvgIpc) is 3.65. The van der Waals surface area contributed by atoms with Gasteiger partial charge in [0.1, 0.15) is 60.4 Å². The lowest BCUT2D eigenvalue weighted by atomic mass is 10.0. The van der Waals surface area contributed by atoms with Crippen molar-refractivity contribution in [2.75, 3.05) is 25.1 Å². The molecule has 24 N–H and O–H groups in total. The van der Waals surface area contributed by atoms with E-state index in [9.17, 15) is 87.5 Å². The molecular weight excluding hydrogens is 1190 g/mol. The molecule has 0 bridgehead atoms. The number of rotatable bonds is 44. The number of carbonyl (C=O) groups is 14. The molecule has 1 aromatic rings. The predicted octanol–water partition coefficient (Wildman–Crippen LogP) is -6.71. The van der Waals surface area contributed by atoms with E-state index in [4.69, 9.17) is 28.7 Å². The number of primary amides is 2. The van der Waals surface area contributed by atoms with Crippen LogP contribution in [0.3, 0.4) is 0 Å². The first-order valence-electron chi connectivity index (χ1n) is 28.5. The van der Waals surface area contributed by atoms with Crippen LogP contribution in [0.5, 0.6) is 0 Å². The van der Waals surface area contributed by atoms with Crippen LogP contribution < -0.4 is 81.8 Å². The van der Waals surface area contributed by atoms with Gasteiger partial charge in [-0.15, -0.1) is 0 Å². The van der Waals surface area contributed by atoms with Gasteiger partial charge in [0.2, 0.25) is 70.9 Å². The Kier molecular flexibility index (Phi) is 36.5. The van der Waals surface area contributed by atoms with Crippen LogP contribution in [0.2, 0.25) is 0 Å². The maximum atomic E-state index is 14.3. The number of unbranched alkanes of at least 4 members (excludes halogenated alkanes) is 1. The molecule has 498 valence electrons. The monoisotopic (exact) mass is 1280 g/mol. The van der Waals surface area contributed by atoms with E-state index in [-0.39, 0.29) is 44.6 Å². The Morgan fingerprint density at radius 1 is 0.483 bits per heavy atom. The van der Waals surface area contributed by atoms with Crippen LogP contribution in [-0.2, 0) is 73.5 Å². The molecule has 12 atom stereocenters. The number of aliphatic imine (C=N–C) groups is 1. The van der Waals surface area contributed by atoms with Crippen molar-refractivity contribution < 1.29 is 87.5 Å². The Bertz CT molecular complexity index is 2610. The zero-order valence-electron chi connectivity index (χ0n) is 50.4. The van der Waals surface area contributed by atoms with E-state index in [1.54, 1.807) is 36.6 Å². The highest BCUT2D eigenvalue weighted by Gasteiger charge is 2.37. The van der Waals surface area contributed by atoms with Crippen molar-refractivity contribution in [3.05, 3.63) is 35.9 Å². The lowest BCUT2D eigenvalue weighted by Gasteiger charge is -2.29. The summed E-state index contributed by atoms with van der Waals surface area (Å²) in [5, 5.41) is 64.3. The summed E-state index contributed by atoms with van der Waals surface area (Å²) in [4.78, 5) is 188. The molecule has 34 nitrogen and oxygen atoms in total. The summed E-state index contributed by atoms with van der Waals surface area (Å²) in [6, 6.07) is -8.07. The number of amides is 12. The third kappa shape index (κ3) is 31.7. The van der Waals surface area contributed by atoms with Crippen LogP contribution in [0.1, 0.15) is 110 Å². The van der Waals surface area contributed by atoms with Crippen molar-refractivity contribution in [1.29, 1.82) is 0 Å². The third-order valence-corrected chi connectivity index (χ3v) is 13.8. The molecule has 0 heterocycles. The van der Waals surface area contributed by atoms with Crippen molar-refractivity contribution in [3.63, 3.8) is 0 Å². The third-order valence-electron chi connectivity index (χ3n) is 13.2. The number of guanidine groups is 1. The zero-order valence-corrected chi connectivity index (χ0v) is 51.2. The molecule has 0 aromatic heterocycles. The van der Waals surface area contributed by atoms with Gasteiger partial charge in [-0.1, -0.05) is 30.3 Å². The van der Waals surface area contributed by atoms with Crippen molar-refractivity contribution in [1.82, 2.24) is 53.2 Å². The summed E-state index contributed by atoms with van der Waals surface area (Å²) < 4.78 is 0. The maximum absolute atomic E-state index is 14.3. The van der Waals surface area contributed by atoms with Crippen LogP contribution in [0.15, 0.2) is 35.3 Å². The van der Waals surface area contributed by atoms with Gasteiger partial charge >= 0.3 is 11.9 Å². The summed E-state index contributed by atoms with van der Waals surface area (Å²) >= 11 is 1.32. The number of thioether (sulfide) groups is 1. The molecule has 0 radical (unpaired) electrons. The molecule has 0 aliphatic heterocycles. The van der Waals surface area contributed by atoms with E-state index >= 15 is 0 Å². The fraction of sp³-hybridized carbons (Fsp3) is 0.611. The summed E-state index contributed by atoms with van der Waals surface area (Å²) in [6.45, 7) is 4.84. The molecule has 0 saturated heterocycles. The highest BCUT2D eigenvalue weighted by atomic mass is 32.2. The van der Waals surface area contributed by atoms with Crippen LogP contribution in [0, 0.1) is 0 Å². The number of carboxylic acids is 2. The van der Waals surface area contributed by atoms with Crippen LogP contribution in [-0.4, -0.2) is 207 Å². The fourth-order valence-corrected chi connectivity index (χ4v) is 8.79. The standard InChI is InChI=1S/C54H88N16O18S/c1-27(45(80)64-35(17-20-40(75)76)47(82)66-37(22-25-89-5)49(84)63-32(44(57)79)14-9-10-23-55)61-52(87)42(28(2)71)70-51(86)38(26-31-12-7-6-8-13-31)68-48(83)36(18-21-41(77)78)65-46(81)34(16-19-39(56)74)67-53(88)43(29(3)72)69-50(85)33(62-30(4)73)15-11-24-60-54(58)59/h6-8,12-13,27-29,32-38,42-43,71-72H,9-11,14-26,55H2,1-5H3,(H2,56,74)(H2,57,79)(H,61,87)(H,62,73)(H,63,84)(H,64,80)(H,65,81)(H,66,82)(H,67,88)(H,68,83)(H,69,85)(H,70,86)(H,75,76)(H,77,78)(H4,58,59,60)/t27-,28+,29+,32-,33-,34-,35-,36-,37-,38-,42-,43-/m0/s1. The number of hydrogen-bond donors (Lipinski definition) is 19. The van der Waals surface area contributed by atoms with E-state index in [0.29, 0.717) is 30.7 Å². The lowest BCUT2D eigenvalue weighted by molar-refractivity contribution is -0.139. The molecule has 1 aromatic carbocycles. The first kappa shape index (κ1) is 78.3. The van der Waals surface area contributed by atoms with Gasteiger partial charge in [-0.2, -0.15) is 11.8 Å². The Morgan fingerprint density at radius 3 is 1.33 bits per heavy atom. The van der Waals surface area contributed by atoms with E-state index < -0.39 is 194 Å². The topological polar surface area (TPSA) is 583 Å². The van der Waals surface area contributed by atoms with Crippen molar-refractivity contribution in [2.45, 2.75) is 184 Å². The summed E-state index contributed by atoms with van der Waals surface area (Å²) in [5.74, 6) is -15.0. The molecule has 0 spiro atoms. The molecule has 12 amide bonds. The largest absolute Gasteiger partial charge is 0.481 e. The number of aliphatic carboxylic acids is 2. The van der Waals surface area contributed by atoms with Gasteiger partial charge in [-0.3, -0.25) is 72.1 Å². The number of carboxylic acid groups (broad SMARTS) is 2. The molecule has 35 heteroatoms. The van der Waals surface area contributed by atoms with Gasteiger partial charge in [-0.05, 0) is 103 Å². The number of nitrogens with zero attached hydrogens (tertiary/aromatic N) is 1. The maximum Gasteiger partial charge on any atom is 0.303 e. The van der Waals surface area contributed by atoms with Gasteiger partial charge in [0.05, 0.1) is 12.2 Å². The second-order valence-corrected chi connectivity index (χ2v) is 21.8. The zero-order chi connectivity index (χ0) is 67.5. The number of hydrogen-bond acceptors (Lipinski definition) is 19. The van der Waals surface area contributed by atoms with Gasteiger partial charge < -0.3 is 102 Å². The van der Waals surface area contributed by atoms with E-state index in [2.05, 4.69) is 58.2 Å². The highest BCUT2D eigenvalue weighted by molar-refractivity contribution is 7.98. The second kappa shape index (κ2) is 41.5. The first-order valence-corrected chi connectivity index (χ1v) is 29.9. The lowest BCUT2D eigenvalue weighted by Crippen LogP contribution is -2.62. The van der Waals surface area contributed by atoms with Crippen molar-refractivity contribution in [2.24, 2.45) is 33.7 Å². The number of benzene rings is 1. The minimum Gasteiger partial charge on any atom is -0.481 e. The SMILES string of the molecule is CSCC[C@H](NC(=O)[C@H](CCC(=O)O)NC(=O)[C@H](C)NC(=O)[C@@H](NC(=O)[C@H](Cc1ccccc1)NC(=O)[C@H](CCC(=O)O)NC(=O)[C@H](CCC(N)=O)NC(=O)[C@@H](NC(=O)[C@H](CCCN=C(N)N)NC(C)=O)[C@@H](C)O)[C@@H](C)O)C(=O)N[C@@H](CCCCN)C(N)=O. The molecule has 0 unspecified atom stereocenters. The Morgan fingerprint density at radius 2 is 0.888 bits per heavy atom. The number of aliphatic hydroxyl groups excluding tert-OH is 2. The van der Waals surface area contributed by atoms with Gasteiger partial charge in [0, 0.05) is 39.2 Å². The van der Waals surface area contributed by atoms with Crippen LogP contribution in [0.25, 0.3) is 0 Å². The van der Waals surface area contributed by atoms with E-state index in [1.165, 1.54) is 11.8 Å². The minimum atomic E-state index is -1.91. The minimum absolute atomic E-state index is 0.0271. The number of nitrogens with one attached hydrogen (secondary N) is 10. The fourth-order valence-electron chi connectivity index (χ4n) is 8.32. The van der Waals surface area contributed by atoms with E-state index in [0.717, 1.165) is 27.7 Å². The average molecular weight is 1280 g/mol. The molecule has 0 fully saturated rings. The quantitative estimate of drug-likeness (QED) is 0.0164. The van der Waals surface area contributed by atoms with Gasteiger partial charge in [0.15, 0.2) is 5.96 Å². The Hall–Kier alpha value is -8.70. The van der Waals surface area contributed by atoms with Gasteiger partial charge in [-0.25, -0.2) is 0 Å². The molecule has 0 aliphatic rings. The summed E-state index contributed by atoms with van der Waals surface area (Å²) in [5.41, 5.74) is 27.5. The summed E-state index contributed by atoms with van der Waals surface area (Å²) in [6.07, 6.45) is -4.49. The molecule has 1 rings (SSSR count). The smallest absolute Gasteiger partial charge is 0.303 e. The van der Waals surface area contributed by atoms with Gasteiger partial charge in [0.25, 0.3) is 0 Å². The number of carbonyl (C=O) groups excluding carboxylic acids is 12. The Labute approximate surface area is 518 Å². The van der Waals surface area contributed by atoms with Crippen molar-refractivity contribution >= 4 is 101 Å². The normalized spacial score (nSPS) is 15.0. The molecule has 0 aliphatic carbocycles. The first-order chi connectivity index (χ1) is 41.8. The second-order valence-electron chi connectivity index (χ2n) is 20.8. The van der Waals surface area contributed by atoms with Crippen LogP contribution in [0.4, 0.5) is 0 Å². The molecular formula is C54H88N16O18S. The molecule has 0 saturated carbocycles. The molecule has 89 heavy (non-hydrogen) atoms.